The molecular weight excluding hydrogens is 246 g/mol. The number of nitrogens with zero attached hydrogens (tertiary/aromatic N) is 2. The number of benzene rings is 1. The van der Waals surface area contributed by atoms with Crippen LogP contribution in [0.2, 0.25) is 0 Å². The molecule has 0 saturated carbocycles. The van der Waals surface area contributed by atoms with E-state index in [0.717, 1.165) is 6.54 Å². The Bertz CT molecular complexity index is 532. The van der Waals surface area contributed by atoms with Crippen molar-refractivity contribution in [1.29, 1.82) is 0 Å². The standard InChI is InChI=1S/C17H23N3/c1-14-12-18-17(19-14)16-9-11-20(13-16)10-5-8-15-6-3-2-4-7-15/h2-4,6-7,12,16H,5,8-11,13H2,1H3,(H,18,19)/t16-/m0/s1. The molecule has 2 heterocycles. The molecule has 1 aromatic heterocycles. The van der Waals surface area contributed by atoms with Gasteiger partial charge in [-0.1, -0.05) is 30.3 Å². The summed E-state index contributed by atoms with van der Waals surface area (Å²) in [4.78, 5) is 10.4. The molecule has 1 atom stereocenters. The lowest BCUT2D eigenvalue weighted by atomic mass is 10.1. The van der Waals surface area contributed by atoms with Gasteiger partial charge in [0, 0.05) is 24.4 Å². The average molecular weight is 269 g/mol. The highest BCUT2D eigenvalue weighted by Gasteiger charge is 2.25. The van der Waals surface area contributed by atoms with Gasteiger partial charge in [-0.05, 0) is 44.8 Å². The molecule has 0 aliphatic carbocycles. The van der Waals surface area contributed by atoms with Gasteiger partial charge in [-0.25, -0.2) is 4.98 Å². The van der Waals surface area contributed by atoms with Crippen molar-refractivity contribution in [3.8, 4) is 0 Å². The second-order valence-corrected chi connectivity index (χ2v) is 5.83. The van der Waals surface area contributed by atoms with E-state index >= 15 is 0 Å². The molecule has 3 nitrogen and oxygen atoms in total. The van der Waals surface area contributed by atoms with Crippen molar-refractivity contribution in [2.75, 3.05) is 19.6 Å². The van der Waals surface area contributed by atoms with E-state index < -0.39 is 0 Å². The summed E-state index contributed by atoms with van der Waals surface area (Å²) in [5.74, 6) is 1.77. The van der Waals surface area contributed by atoms with Crippen LogP contribution in [0.4, 0.5) is 0 Å². The van der Waals surface area contributed by atoms with Gasteiger partial charge >= 0.3 is 0 Å². The van der Waals surface area contributed by atoms with Gasteiger partial charge < -0.3 is 9.88 Å². The van der Waals surface area contributed by atoms with Gasteiger partial charge in [0.25, 0.3) is 0 Å². The summed E-state index contributed by atoms with van der Waals surface area (Å²) in [6, 6.07) is 10.8. The first-order chi connectivity index (χ1) is 9.81. The Labute approximate surface area is 121 Å². The number of rotatable bonds is 5. The molecule has 1 fully saturated rings. The van der Waals surface area contributed by atoms with Gasteiger partial charge in [-0.3, -0.25) is 0 Å². The van der Waals surface area contributed by atoms with E-state index in [1.165, 1.54) is 49.4 Å². The van der Waals surface area contributed by atoms with Gasteiger partial charge in [0.2, 0.25) is 0 Å². The van der Waals surface area contributed by atoms with E-state index in [-0.39, 0.29) is 0 Å². The smallest absolute Gasteiger partial charge is 0.110 e. The van der Waals surface area contributed by atoms with Crippen molar-refractivity contribution >= 4 is 0 Å². The van der Waals surface area contributed by atoms with E-state index in [0.29, 0.717) is 5.92 Å². The number of hydrogen-bond acceptors (Lipinski definition) is 2. The number of likely N-dealkylation sites (tertiary alicyclic amines) is 1. The summed E-state index contributed by atoms with van der Waals surface area (Å²) in [5, 5.41) is 0. The molecule has 106 valence electrons. The molecule has 0 spiro atoms. The third-order valence-electron chi connectivity index (χ3n) is 4.16. The molecule has 1 N–H and O–H groups in total. The lowest BCUT2D eigenvalue weighted by Crippen LogP contribution is -2.22. The van der Waals surface area contributed by atoms with Gasteiger partial charge in [-0.2, -0.15) is 0 Å². The fraction of sp³-hybridized carbons (Fsp3) is 0.471. The molecule has 2 aromatic rings. The number of aryl methyl sites for hydroxylation is 2. The van der Waals surface area contributed by atoms with Crippen molar-refractivity contribution in [2.24, 2.45) is 0 Å². The summed E-state index contributed by atoms with van der Waals surface area (Å²) in [5.41, 5.74) is 2.62. The predicted molar refractivity (Wildman–Crippen MR) is 81.9 cm³/mol. The summed E-state index contributed by atoms with van der Waals surface area (Å²) < 4.78 is 0. The fourth-order valence-electron chi connectivity index (χ4n) is 3.05. The maximum atomic E-state index is 4.48. The van der Waals surface area contributed by atoms with Crippen LogP contribution < -0.4 is 0 Å². The lowest BCUT2D eigenvalue weighted by molar-refractivity contribution is 0.328. The maximum Gasteiger partial charge on any atom is 0.110 e. The first kappa shape index (κ1) is 13.4. The van der Waals surface area contributed by atoms with E-state index in [9.17, 15) is 0 Å². The molecule has 1 aromatic carbocycles. The van der Waals surface area contributed by atoms with Gasteiger partial charge in [0.1, 0.15) is 5.82 Å². The summed E-state index contributed by atoms with van der Waals surface area (Å²) in [6.45, 7) is 5.63. The Hall–Kier alpha value is -1.61. The molecule has 1 saturated heterocycles. The normalized spacial score (nSPS) is 19.6. The molecule has 3 heteroatoms. The highest BCUT2D eigenvalue weighted by atomic mass is 15.1. The topological polar surface area (TPSA) is 31.9 Å². The molecule has 3 rings (SSSR count). The third kappa shape index (κ3) is 3.28. The van der Waals surface area contributed by atoms with Crippen LogP contribution in [0.15, 0.2) is 36.5 Å². The second-order valence-electron chi connectivity index (χ2n) is 5.83. The Morgan fingerprint density at radius 3 is 2.90 bits per heavy atom. The molecule has 0 amide bonds. The Kier molecular flexibility index (Phi) is 4.16. The summed E-state index contributed by atoms with van der Waals surface area (Å²) in [6.07, 6.45) is 5.60. The van der Waals surface area contributed by atoms with Crippen LogP contribution in [0.25, 0.3) is 0 Å². The van der Waals surface area contributed by atoms with E-state index in [1.807, 2.05) is 6.20 Å². The van der Waals surface area contributed by atoms with Crippen molar-refractivity contribution in [1.82, 2.24) is 14.9 Å². The average Bonchev–Trinajstić information content (AvgIpc) is 3.09. The zero-order valence-corrected chi connectivity index (χ0v) is 12.2. The predicted octanol–water partition coefficient (Wildman–Crippen LogP) is 3.14. The minimum absolute atomic E-state index is 0.598. The zero-order valence-electron chi connectivity index (χ0n) is 12.2. The quantitative estimate of drug-likeness (QED) is 0.904. The minimum Gasteiger partial charge on any atom is -0.346 e. The molecular formula is C17H23N3. The second kappa shape index (κ2) is 6.23. The van der Waals surface area contributed by atoms with Crippen LogP contribution in [0.1, 0.15) is 35.8 Å². The monoisotopic (exact) mass is 269 g/mol. The molecule has 20 heavy (non-hydrogen) atoms. The maximum absolute atomic E-state index is 4.48. The number of aromatic amines is 1. The molecule has 1 aliphatic heterocycles. The minimum atomic E-state index is 0.598. The van der Waals surface area contributed by atoms with Crippen molar-refractivity contribution < 1.29 is 0 Å². The number of hydrogen-bond donors (Lipinski definition) is 1. The highest BCUT2D eigenvalue weighted by molar-refractivity contribution is 5.14. The van der Waals surface area contributed by atoms with E-state index in [4.69, 9.17) is 0 Å². The number of aromatic nitrogens is 2. The first-order valence-corrected chi connectivity index (χ1v) is 7.59. The Balaban J connectivity index is 1.44. The Morgan fingerprint density at radius 2 is 2.15 bits per heavy atom. The highest BCUT2D eigenvalue weighted by Crippen LogP contribution is 2.25. The zero-order chi connectivity index (χ0) is 13.8. The summed E-state index contributed by atoms with van der Waals surface area (Å²) >= 11 is 0. The van der Waals surface area contributed by atoms with Crippen LogP contribution >= 0.6 is 0 Å². The van der Waals surface area contributed by atoms with Gasteiger partial charge in [-0.15, -0.1) is 0 Å². The van der Waals surface area contributed by atoms with Crippen LogP contribution in [0, 0.1) is 6.92 Å². The summed E-state index contributed by atoms with van der Waals surface area (Å²) in [7, 11) is 0. The molecule has 0 bridgehead atoms. The van der Waals surface area contributed by atoms with Crippen molar-refractivity contribution in [2.45, 2.75) is 32.1 Å². The van der Waals surface area contributed by atoms with Gasteiger partial charge in [0.05, 0.1) is 0 Å². The third-order valence-corrected chi connectivity index (χ3v) is 4.16. The first-order valence-electron chi connectivity index (χ1n) is 7.59. The molecule has 0 unspecified atom stereocenters. The lowest BCUT2D eigenvalue weighted by Gasteiger charge is -2.15. The van der Waals surface area contributed by atoms with Crippen LogP contribution in [-0.2, 0) is 6.42 Å². The number of H-pyrrole nitrogens is 1. The Morgan fingerprint density at radius 1 is 1.30 bits per heavy atom. The molecule has 0 radical (unpaired) electrons. The SMILES string of the molecule is Cc1cnc([C@H]2CCN(CCCc3ccccc3)C2)[nH]1. The van der Waals surface area contributed by atoms with Crippen LogP contribution in [0.5, 0.6) is 0 Å². The van der Waals surface area contributed by atoms with Crippen molar-refractivity contribution in [3.63, 3.8) is 0 Å². The van der Waals surface area contributed by atoms with Gasteiger partial charge in [0.15, 0.2) is 0 Å². The number of nitrogens with one attached hydrogen (secondary N) is 1. The largest absolute Gasteiger partial charge is 0.346 e. The molecule has 1 aliphatic rings. The number of imidazole rings is 1. The van der Waals surface area contributed by atoms with Crippen LogP contribution in [-0.4, -0.2) is 34.5 Å². The van der Waals surface area contributed by atoms with Crippen LogP contribution in [0.3, 0.4) is 0 Å². The fourth-order valence-corrected chi connectivity index (χ4v) is 3.05. The van der Waals surface area contributed by atoms with E-state index in [1.54, 1.807) is 0 Å². The van der Waals surface area contributed by atoms with E-state index in [2.05, 4.69) is 52.1 Å². The van der Waals surface area contributed by atoms with Crippen molar-refractivity contribution in [3.05, 3.63) is 53.6 Å².